The standard InChI is InChI=1S/C57H78N2O6/c1-3-5-7-9-11-13-15-17-19-22-42-62-54-38-34-52(35-39-54)58-46-48-26-30-50(31-27-48)56(60)64-44-24-21-25-45-65-57(61)51-32-28-49(29-33-51)47-59-53-36-40-55(41-37-53)63-43-23-20-18-16-14-12-10-8-6-4-2/h26-41,46-47H,3-25,42-45H2,1-2H3. The zero-order valence-electron chi connectivity index (χ0n) is 39.8. The van der Waals surface area contributed by atoms with E-state index in [0.29, 0.717) is 37.2 Å². The maximum atomic E-state index is 12.6. The molecule has 4 aromatic carbocycles. The van der Waals surface area contributed by atoms with Crippen molar-refractivity contribution in [3.63, 3.8) is 0 Å². The van der Waals surface area contributed by atoms with E-state index in [-0.39, 0.29) is 11.9 Å². The monoisotopic (exact) mass is 887 g/mol. The normalized spacial score (nSPS) is 11.4. The van der Waals surface area contributed by atoms with E-state index in [9.17, 15) is 9.59 Å². The van der Waals surface area contributed by atoms with Crippen LogP contribution in [0.25, 0.3) is 0 Å². The van der Waals surface area contributed by atoms with Gasteiger partial charge in [0.05, 0.1) is 48.9 Å². The number of hydrogen-bond acceptors (Lipinski definition) is 8. The zero-order valence-corrected chi connectivity index (χ0v) is 39.8. The van der Waals surface area contributed by atoms with Crippen LogP contribution < -0.4 is 9.47 Å². The molecule has 0 heterocycles. The number of nitrogens with zero attached hydrogens (tertiary/aromatic N) is 2. The van der Waals surface area contributed by atoms with Crippen LogP contribution in [0.2, 0.25) is 0 Å². The Kier molecular flexibility index (Phi) is 27.5. The molecule has 0 aliphatic heterocycles. The average Bonchev–Trinajstić information content (AvgIpc) is 3.34. The second kappa shape index (κ2) is 34.2. The SMILES string of the molecule is CCCCCCCCCCCCOc1ccc(N=Cc2ccc(C(=O)OCCCCCOC(=O)c3ccc(C=Nc4ccc(OCCCCCCCCCCCC)cc4)cc3)cc2)cc1. The zero-order chi connectivity index (χ0) is 45.8. The Balaban J connectivity index is 0.998. The predicted molar refractivity (Wildman–Crippen MR) is 269 cm³/mol. The van der Waals surface area contributed by atoms with Crippen LogP contribution in [0.4, 0.5) is 11.4 Å². The van der Waals surface area contributed by atoms with E-state index in [1.165, 1.54) is 116 Å². The Morgan fingerprint density at radius 3 is 1.00 bits per heavy atom. The Morgan fingerprint density at radius 1 is 0.369 bits per heavy atom. The van der Waals surface area contributed by atoms with Gasteiger partial charge >= 0.3 is 11.9 Å². The van der Waals surface area contributed by atoms with Gasteiger partial charge in [0.1, 0.15) is 11.5 Å². The van der Waals surface area contributed by atoms with Gasteiger partial charge in [-0.1, -0.05) is 154 Å². The van der Waals surface area contributed by atoms with Gasteiger partial charge in [-0.3, -0.25) is 9.98 Å². The third kappa shape index (κ3) is 24.0. The minimum Gasteiger partial charge on any atom is -0.494 e. The molecule has 4 rings (SSSR count). The highest BCUT2D eigenvalue weighted by Gasteiger charge is 2.09. The molecule has 65 heavy (non-hydrogen) atoms. The number of unbranched alkanes of at least 4 members (excludes halogenated alkanes) is 20. The number of rotatable bonds is 36. The second-order valence-electron chi connectivity index (χ2n) is 17.1. The number of esters is 2. The average molecular weight is 887 g/mol. The largest absolute Gasteiger partial charge is 0.494 e. The Morgan fingerprint density at radius 2 is 0.662 bits per heavy atom. The van der Waals surface area contributed by atoms with Crippen molar-refractivity contribution in [2.45, 2.75) is 162 Å². The molecule has 0 saturated heterocycles. The van der Waals surface area contributed by atoms with E-state index in [1.54, 1.807) is 36.7 Å². The summed E-state index contributed by atoms with van der Waals surface area (Å²) in [5.74, 6) is 1.01. The van der Waals surface area contributed by atoms with Gasteiger partial charge in [0.2, 0.25) is 0 Å². The summed E-state index contributed by atoms with van der Waals surface area (Å²) >= 11 is 0. The lowest BCUT2D eigenvalue weighted by atomic mass is 10.1. The van der Waals surface area contributed by atoms with Crippen LogP contribution in [0.1, 0.15) is 193 Å². The molecule has 0 radical (unpaired) electrons. The van der Waals surface area contributed by atoms with Crippen molar-refractivity contribution in [3.8, 4) is 11.5 Å². The molecular weight excluding hydrogens is 809 g/mol. The first kappa shape index (κ1) is 52.4. The molecule has 0 aliphatic carbocycles. The van der Waals surface area contributed by atoms with Gasteiger partial charge in [-0.15, -0.1) is 0 Å². The third-order valence-corrected chi connectivity index (χ3v) is 11.5. The number of carbonyl (C=O) groups is 2. The fourth-order valence-corrected chi connectivity index (χ4v) is 7.40. The van der Waals surface area contributed by atoms with Gasteiger partial charge in [0, 0.05) is 12.4 Å². The molecule has 0 aliphatic rings. The summed E-state index contributed by atoms with van der Waals surface area (Å²) < 4.78 is 22.8. The quantitative estimate of drug-likeness (QED) is 0.0256. The molecule has 0 amide bonds. The van der Waals surface area contributed by atoms with Crippen molar-refractivity contribution in [2.75, 3.05) is 26.4 Å². The second-order valence-corrected chi connectivity index (χ2v) is 17.1. The first-order valence-electron chi connectivity index (χ1n) is 25.1. The lowest BCUT2D eigenvalue weighted by molar-refractivity contribution is 0.0478. The van der Waals surface area contributed by atoms with E-state index in [0.717, 1.165) is 66.5 Å². The molecule has 0 aromatic heterocycles. The topological polar surface area (TPSA) is 95.8 Å². The van der Waals surface area contributed by atoms with Crippen molar-refractivity contribution in [1.82, 2.24) is 0 Å². The van der Waals surface area contributed by atoms with Gasteiger partial charge < -0.3 is 18.9 Å². The highest BCUT2D eigenvalue weighted by molar-refractivity contribution is 5.92. The summed E-state index contributed by atoms with van der Waals surface area (Å²) in [4.78, 5) is 34.3. The van der Waals surface area contributed by atoms with Crippen LogP contribution in [0.3, 0.4) is 0 Å². The van der Waals surface area contributed by atoms with Crippen LogP contribution in [0.5, 0.6) is 11.5 Å². The highest BCUT2D eigenvalue weighted by atomic mass is 16.5. The van der Waals surface area contributed by atoms with Crippen molar-refractivity contribution in [1.29, 1.82) is 0 Å². The minimum atomic E-state index is -0.362. The van der Waals surface area contributed by atoms with Gasteiger partial charge in [-0.25, -0.2) is 9.59 Å². The first-order chi connectivity index (χ1) is 32.0. The molecule has 0 N–H and O–H groups in total. The maximum absolute atomic E-state index is 12.6. The predicted octanol–water partition coefficient (Wildman–Crippen LogP) is 16.0. The van der Waals surface area contributed by atoms with E-state index in [1.807, 2.05) is 72.8 Å². The van der Waals surface area contributed by atoms with Gasteiger partial charge in [0.15, 0.2) is 0 Å². The van der Waals surface area contributed by atoms with Gasteiger partial charge in [-0.05, 0) is 116 Å². The van der Waals surface area contributed by atoms with Crippen LogP contribution in [0.15, 0.2) is 107 Å². The minimum absolute atomic E-state index is 0.301. The number of benzene rings is 4. The van der Waals surface area contributed by atoms with Crippen molar-refractivity contribution < 1.29 is 28.5 Å². The Bertz CT molecular complexity index is 1750. The Labute approximate surface area is 391 Å². The smallest absolute Gasteiger partial charge is 0.338 e. The molecule has 4 aromatic rings. The lowest BCUT2D eigenvalue weighted by Crippen LogP contribution is -2.08. The van der Waals surface area contributed by atoms with Crippen LogP contribution in [-0.2, 0) is 9.47 Å². The fourth-order valence-electron chi connectivity index (χ4n) is 7.40. The van der Waals surface area contributed by atoms with Crippen molar-refractivity contribution in [3.05, 3.63) is 119 Å². The summed E-state index contributed by atoms with van der Waals surface area (Å²) in [6.45, 7) is 6.62. The van der Waals surface area contributed by atoms with Crippen LogP contribution in [0, 0.1) is 0 Å². The molecular formula is C57H78N2O6. The molecule has 0 spiro atoms. The summed E-state index contributed by atoms with van der Waals surface area (Å²) in [5.41, 5.74) is 4.43. The Hall–Kier alpha value is -5.24. The van der Waals surface area contributed by atoms with Gasteiger partial charge in [-0.2, -0.15) is 0 Å². The number of aliphatic imine (C=N–C) groups is 2. The molecule has 0 saturated carbocycles. The molecule has 0 atom stereocenters. The molecule has 0 fully saturated rings. The number of carbonyl (C=O) groups excluding carboxylic acids is 2. The third-order valence-electron chi connectivity index (χ3n) is 11.5. The maximum Gasteiger partial charge on any atom is 0.338 e. The summed E-state index contributed by atoms with van der Waals surface area (Å²) in [5, 5.41) is 0. The van der Waals surface area contributed by atoms with Crippen molar-refractivity contribution >= 4 is 35.7 Å². The van der Waals surface area contributed by atoms with Crippen LogP contribution in [-0.4, -0.2) is 50.8 Å². The molecule has 352 valence electrons. The molecule has 0 unspecified atom stereocenters. The van der Waals surface area contributed by atoms with Crippen LogP contribution >= 0.6 is 0 Å². The van der Waals surface area contributed by atoms with E-state index in [4.69, 9.17) is 18.9 Å². The summed E-state index contributed by atoms with van der Waals surface area (Å²) in [6, 6.07) is 30.1. The molecule has 8 heteroatoms. The molecule has 8 nitrogen and oxygen atoms in total. The summed E-state index contributed by atoms with van der Waals surface area (Å²) in [7, 11) is 0. The highest BCUT2D eigenvalue weighted by Crippen LogP contribution is 2.21. The number of ether oxygens (including phenoxy) is 4. The van der Waals surface area contributed by atoms with E-state index >= 15 is 0 Å². The summed E-state index contributed by atoms with van der Waals surface area (Å²) in [6.07, 6.45) is 31.9. The lowest BCUT2D eigenvalue weighted by Gasteiger charge is -2.07. The van der Waals surface area contributed by atoms with Gasteiger partial charge in [0.25, 0.3) is 0 Å². The first-order valence-corrected chi connectivity index (χ1v) is 25.1. The van der Waals surface area contributed by atoms with E-state index < -0.39 is 0 Å². The fraction of sp³-hybridized carbons (Fsp3) is 0.509. The van der Waals surface area contributed by atoms with E-state index in [2.05, 4.69) is 23.8 Å². The molecule has 0 bridgehead atoms. The van der Waals surface area contributed by atoms with Crippen molar-refractivity contribution in [2.24, 2.45) is 9.98 Å². The number of hydrogen-bond donors (Lipinski definition) is 0.